The Kier molecular flexibility index (Phi) is 11.0. The summed E-state index contributed by atoms with van der Waals surface area (Å²) in [7, 11) is -0.776. The first-order valence-corrected chi connectivity index (χ1v) is 18.4. The molecule has 0 aromatic heterocycles. The Morgan fingerprint density at radius 2 is 1.90 bits per heavy atom. The van der Waals surface area contributed by atoms with E-state index in [1.807, 2.05) is 37.3 Å². The molecule has 2 unspecified atom stereocenters. The smallest absolute Gasteiger partial charge is 0.404 e. The minimum atomic E-state index is -4.55. The third-order valence-corrected chi connectivity index (χ3v) is 12.4. The van der Waals surface area contributed by atoms with Gasteiger partial charge in [0.1, 0.15) is 12.0 Å². The molecular formula is C37H52BF3N4O5. The van der Waals surface area contributed by atoms with Crippen LogP contribution >= 0.6 is 0 Å². The lowest BCUT2D eigenvalue weighted by Gasteiger charge is -2.64. The predicted octanol–water partition coefficient (Wildman–Crippen LogP) is 5.09. The summed E-state index contributed by atoms with van der Waals surface area (Å²) in [5.74, 6) is -0.898. The van der Waals surface area contributed by atoms with Gasteiger partial charge in [0, 0.05) is 6.54 Å². The second-order valence-corrected chi connectivity index (χ2v) is 16.3. The zero-order valence-corrected chi connectivity index (χ0v) is 29.7. The van der Waals surface area contributed by atoms with Crippen molar-refractivity contribution in [1.29, 1.82) is 5.26 Å². The molecule has 0 radical (unpaired) electrons. The number of benzene rings is 1. The molecule has 2 aliphatic heterocycles. The first-order valence-electron chi connectivity index (χ1n) is 18.4. The van der Waals surface area contributed by atoms with Crippen LogP contribution in [-0.4, -0.2) is 86.0 Å². The van der Waals surface area contributed by atoms with Crippen molar-refractivity contribution in [1.82, 2.24) is 15.5 Å². The first-order chi connectivity index (χ1) is 23.7. The average Bonchev–Trinajstić information content (AvgIpc) is 3.61. The molecule has 2 heterocycles. The van der Waals surface area contributed by atoms with Crippen molar-refractivity contribution >= 4 is 18.9 Å². The molecular weight excluding hydrogens is 648 g/mol. The highest BCUT2D eigenvalue weighted by Crippen LogP contribution is 2.65. The van der Waals surface area contributed by atoms with Crippen LogP contribution in [0.1, 0.15) is 78.2 Å². The van der Waals surface area contributed by atoms with Gasteiger partial charge >= 0.3 is 13.3 Å². The molecule has 6 fully saturated rings. The third-order valence-electron chi connectivity index (χ3n) is 12.4. The van der Waals surface area contributed by atoms with Crippen molar-refractivity contribution in [3.63, 3.8) is 0 Å². The fourth-order valence-electron chi connectivity index (χ4n) is 9.14. The van der Waals surface area contributed by atoms with Crippen molar-refractivity contribution < 1.29 is 36.8 Å². The van der Waals surface area contributed by atoms with E-state index >= 15 is 0 Å². The number of nitriles is 1. The Morgan fingerprint density at radius 3 is 2.56 bits per heavy atom. The highest BCUT2D eigenvalue weighted by atomic mass is 19.4. The number of carbonyl (C=O) groups excluding carboxylic acids is 2. The number of rotatable bonds is 15. The number of alkyl halides is 3. The summed E-state index contributed by atoms with van der Waals surface area (Å²) in [6.07, 6.45) is 2.14. The van der Waals surface area contributed by atoms with Crippen molar-refractivity contribution in [2.24, 2.45) is 35.0 Å². The SMILES string of the molecule is CC(CC1CC1)C(C#N)C(=O)N1CCC[C@@H]1COC[C@H](NCC(F)(F)F)C(=O)N[C@@H](Cc1ccccc1)B1O[C@@H]2C[C@H]3C[C@@H](C3(C)C)[C@]2(C)O1. The molecule has 2 bridgehead atoms. The van der Waals surface area contributed by atoms with Crippen LogP contribution < -0.4 is 10.6 Å². The average molecular weight is 701 g/mol. The number of nitrogens with zero attached hydrogens (tertiary/aromatic N) is 2. The molecule has 1 aromatic rings. The van der Waals surface area contributed by atoms with Crippen molar-refractivity contribution in [3.8, 4) is 6.07 Å². The first kappa shape index (κ1) is 37.1. The Labute approximate surface area is 294 Å². The second-order valence-electron chi connectivity index (χ2n) is 16.3. The lowest BCUT2D eigenvalue weighted by molar-refractivity contribution is -0.199. The summed E-state index contributed by atoms with van der Waals surface area (Å²) in [4.78, 5) is 29.0. The normalized spacial score (nSPS) is 30.8. The predicted molar refractivity (Wildman–Crippen MR) is 181 cm³/mol. The van der Waals surface area contributed by atoms with Crippen LogP contribution in [0.2, 0.25) is 0 Å². The van der Waals surface area contributed by atoms with Gasteiger partial charge in [-0.1, -0.05) is 63.9 Å². The maximum absolute atomic E-state index is 13.9. The van der Waals surface area contributed by atoms with Gasteiger partial charge in [-0.25, -0.2) is 0 Å². The van der Waals surface area contributed by atoms with Crippen molar-refractivity contribution in [3.05, 3.63) is 35.9 Å². The Morgan fingerprint density at radius 1 is 1.16 bits per heavy atom. The number of amides is 2. The minimum absolute atomic E-state index is 0.0535. The number of carbonyl (C=O) groups is 2. The van der Waals surface area contributed by atoms with E-state index in [0.717, 1.165) is 44.1 Å². The van der Waals surface area contributed by atoms with Crippen LogP contribution in [0.15, 0.2) is 30.3 Å². The summed E-state index contributed by atoms with van der Waals surface area (Å²) in [6, 6.07) is 10.1. The maximum Gasteiger partial charge on any atom is 0.482 e. The fraction of sp³-hybridized carbons (Fsp3) is 0.757. The van der Waals surface area contributed by atoms with Crippen LogP contribution in [0.3, 0.4) is 0 Å². The molecule has 2 N–H and O–H groups in total. The van der Waals surface area contributed by atoms with Crippen molar-refractivity contribution in [2.75, 3.05) is 26.3 Å². The molecule has 13 heteroatoms. The van der Waals surface area contributed by atoms with Crippen LogP contribution in [0.4, 0.5) is 13.2 Å². The van der Waals surface area contributed by atoms with Gasteiger partial charge in [-0.15, -0.1) is 0 Å². The summed E-state index contributed by atoms with van der Waals surface area (Å²) in [5.41, 5.74) is 0.527. The molecule has 2 amide bonds. The van der Waals surface area contributed by atoms with Crippen LogP contribution in [-0.2, 0) is 30.1 Å². The minimum Gasteiger partial charge on any atom is -0.404 e. The standard InChI is InChI=1S/C37H52BF3N4O5/c1-23(15-25-12-13-25)28(19-42)34(47)45-14-8-11-27(45)20-48-21-29(43-22-37(39,40)41)33(46)44-32(16-24-9-6-5-7-10-24)38-49-31-18-26-17-30(35(26,2)3)36(31,4)50-38/h5-7,9-10,23,25-32,43H,8,11-18,20-22H2,1-4H3,(H,44,46)/t23?,26-,27-,28?,29+,30+,31-,32+,36+/m1/s1. The molecule has 9 atom stereocenters. The topological polar surface area (TPSA) is 113 Å². The largest absolute Gasteiger partial charge is 0.482 e. The van der Waals surface area contributed by atoms with Gasteiger partial charge in [-0.2, -0.15) is 18.4 Å². The Hall–Kier alpha value is -2.66. The van der Waals surface area contributed by atoms with E-state index in [9.17, 15) is 28.0 Å². The number of ether oxygens (including phenoxy) is 1. The molecule has 9 nitrogen and oxygen atoms in total. The van der Waals surface area contributed by atoms with Gasteiger partial charge in [-0.05, 0) is 80.1 Å². The summed E-state index contributed by atoms with van der Waals surface area (Å²) >= 11 is 0. The summed E-state index contributed by atoms with van der Waals surface area (Å²) < 4.78 is 59.4. The second kappa shape index (κ2) is 14.8. The van der Waals surface area contributed by atoms with Gasteiger partial charge in [0.2, 0.25) is 11.8 Å². The number of likely N-dealkylation sites (tertiary alicyclic amines) is 1. The molecule has 6 aliphatic rings. The quantitative estimate of drug-likeness (QED) is 0.246. The molecule has 1 aromatic carbocycles. The maximum atomic E-state index is 13.9. The van der Waals surface area contributed by atoms with Gasteiger partial charge in [-0.3, -0.25) is 14.9 Å². The van der Waals surface area contributed by atoms with E-state index in [2.05, 4.69) is 37.5 Å². The third kappa shape index (κ3) is 8.04. The van der Waals surface area contributed by atoms with E-state index in [1.165, 1.54) is 0 Å². The van der Waals surface area contributed by atoms with Crippen LogP contribution in [0, 0.1) is 46.3 Å². The van der Waals surface area contributed by atoms with E-state index in [4.69, 9.17) is 14.0 Å². The van der Waals surface area contributed by atoms with E-state index < -0.39 is 49.2 Å². The fourth-order valence-corrected chi connectivity index (χ4v) is 9.14. The Bertz CT molecular complexity index is 1410. The van der Waals surface area contributed by atoms with Crippen LogP contribution in [0.25, 0.3) is 0 Å². The highest BCUT2D eigenvalue weighted by Gasteiger charge is 2.68. The van der Waals surface area contributed by atoms with E-state index in [1.54, 1.807) is 4.90 Å². The van der Waals surface area contributed by atoms with E-state index in [-0.39, 0.29) is 42.6 Å². The van der Waals surface area contributed by atoms with E-state index in [0.29, 0.717) is 37.1 Å². The van der Waals surface area contributed by atoms with Crippen molar-refractivity contribution in [2.45, 2.75) is 115 Å². The number of hydrogen-bond donors (Lipinski definition) is 2. The lowest BCUT2D eigenvalue weighted by atomic mass is 9.43. The number of hydrogen-bond acceptors (Lipinski definition) is 7. The van der Waals surface area contributed by atoms with Gasteiger partial charge in [0.05, 0.1) is 49.5 Å². The molecule has 274 valence electrons. The number of nitrogens with one attached hydrogen (secondary N) is 2. The zero-order chi connectivity index (χ0) is 35.8. The van der Waals surface area contributed by atoms with Gasteiger partial charge in [0.15, 0.2) is 0 Å². The zero-order valence-electron chi connectivity index (χ0n) is 29.7. The van der Waals surface area contributed by atoms with Gasteiger partial charge in [0.25, 0.3) is 0 Å². The molecule has 2 saturated heterocycles. The molecule has 4 aliphatic carbocycles. The molecule has 7 rings (SSSR count). The monoisotopic (exact) mass is 700 g/mol. The van der Waals surface area contributed by atoms with Crippen LogP contribution in [0.5, 0.6) is 0 Å². The summed E-state index contributed by atoms with van der Waals surface area (Å²) in [5, 5.41) is 15.2. The molecule has 4 saturated carbocycles. The summed E-state index contributed by atoms with van der Waals surface area (Å²) in [6.45, 7) is 7.42. The molecule has 50 heavy (non-hydrogen) atoms. The Balaban J connectivity index is 1.12. The molecule has 0 spiro atoms. The highest BCUT2D eigenvalue weighted by molar-refractivity contribution is 6.48. The lowest BCUT2D eigenvalue weighted by Crippen LogP contribution is -2.65. The van der Waals surface area contributed by atoms with Gasteiger partial charge < -0.3 is 24.3 Å². The number of halogens is 3.